The van der Waals surface area contributed by atoms with Crippen molar-refractivity contribution < 1.29 is 0 Å². The van der Waals surface area contributed by atoms with Crippen molar-refractivity contribution >= 4 is 0 Å². The summed E-state index contributed by atoms with van der Waals surface area (Å²) in [5.41, 5.74) is 9.50. The van der Waals surface area contributed by atoms with Gasteiger partial charge in [0, 0.05) is 0 Å². The lowest BCUT2D eigenvalue weighted by atomic mass is 10.1. The Bertz CT molecular complexity index is 501. The van der Waals surface area contributed by atoms with Gasteiger partial charge in [0.2, 0.25) is 0 Å². The Morgan fingerprint density at radius 1 is 1.16 bits per heavy atom. The highest BCUT2D eigenvalue weighted by atomic mass is 15.4. The Morgan fingerprint density at radius 2 is 1.84 bits per heavy atom. The molecule has 0 bridgehead atoms. The third-order valence-electron chi connectivity index (χ3n) is 3.31. The van der Waals surface area contributed by atoms with Crippen LogP contribution in [-0.4, -0.2) is 15.0 Å². The minimum atomic E-state index is 0.00113. The molecule has 0 amide bonds. The second-order valence-electron chi connectivity index (χ2n) is 4.91. The number of hydrogen-bond acceptors (Lipinski definition) is 3. The third kappa shape index (κ3) is 3.64. The van der Waals surface area contributed by atoms with E-state index in [1.807, 2.05) is 10.9 Å². The fourth-order valence-corrected chi connectivity index (χ4v) is 2.09. The van der Waals surface area contributed by atoms with Crippen molar-refractivity contribution in [3.05, 3.63) is 47.3 Å². The quantitative estimate of drug-likeness (QED) is 0.866. The van der Waals surface area contributed by atoms with Gasteiger partial charge in [-0.1, -0.05) is 49.7 Å². The molecular formula is C15H22N4. The van der Waals surface area contributed by atoms with Gasteiger partial charge in [0.1, 0.15) is 0 Å². The standard InChI is InChI=1S/C15H22N4/c1-3-5-14(16)15-11-19(18-17-15)10-13-8-6-12(4-2)7-9-13/h6-9,11,14H,3-5,10,16H2,1-2H3. The van der Waals surface area contributed by atoms with E-state index in [1.165, 1.54) is 11.1 Å². The van der Waals surface area contributed by atoms with E-state index in [4.69, 9.17) is 5.73 Å². The molecule has 0 fully saturated rings. The van der Waals surface area contributed by atoms with E-state index >= 15 is 0 Å². The van der Waals surface area contributed by atoms with E-state index in [-0.39, 0.29) is 6.04 Å². The van der Waals surface area contributed by atoms with Gasteiger partial charge < -0.3 is 5.73 Å². The van der Waals surface area contributed by atoms with Crippen LogP contribution in [0.15, 0.2) is 30.5 Å². The number of aryl methyl sites for hydroxylation is 1. The molecule has 0 spiro atoms. The summed E-state index contributed by atoms with van der Waals surface area (Å²) in [5, 5.41) is 8.30. The van der Waals surface area contributed by atoms with Gasteiger partial charge in [-0.25, -0.2) is 4.68 Å². The van der Waals surface area contributed by atoms with Crippen molar-refractivity contribution in [2.45, 2.75) is 45.7 Å². The largest absolute Gasteiger partial charge is 0.323 e. The minimum absolute atomic E-state index is 0.00113. The Hall–Kier alpha value is -1.68. The molecule has 0 radical (unpaired) electrons. The summed E-state index contributed by atoms with van der Waals surface area (Å²) in [6.07, 6.45) is 5.03. The van der Waals surface area contributed by atoms with Crippen LogP contribution in [0.25, 0.3) is 0 Å². The van der Waals surface area contributed by atoms with Gasteiger partial charge in [0.15, 0.2) is 0 Å². The van der Waals surface area contributed by atoms with E-state index in [9.17, 15) is 0 Å². The van der Waals surface area contributed by atoms with E-state index < -0.39 is 0 Å². The van der Waals surface area contributed by atoms with Crippen molar-refractivity contribution in [1.29, 1.82) is 0 Å². The highest BCUT2D eigenvalue weighted by Crippen LogP contribution is 2.13. The second kappa shape index (κ2) is 6.48. The summed E-state index contributed by atoms with van der Waals surface area (Å²) in [6, 6.07) is 8.62. The number of hydrogen-bond donors (Lipinski definition) is 1. The van der Waals surface area contributed by atoms with E-state index in [0.29, 0.717) is 0 Å². The average molecular weight is 258 g/mol. The van der Waals surface area contributed by atoms with Crippen LogP contribution in [0.3, 0.4) is 0 Å². The third-order valence-corrected chi connectivity index (χ3v) is 3.31. The van der Waals surface area contributed by atoms with Crippen LogP contribution >= 0.6 is 0 Å². The lowest BCUT2D eigenvalue weighted by molar-refractivity contribution is 0.617. The van der Waals surface area contributed by atoms with E-state index in [0.717, 1.165) is 31.5 Å². The summed E-state index contributed by atoms with van der Waals surface area (Å²) in [5.74, 6) is 0. The lowest BCUT2D eigenvalue weighted by Gasteiger charge is -2.05. The normalized spacial score (nSPS) is 12.6. The summed E-state index contributed by atoms with van der Waals surface area (Å²) < 4.78 is 1.85. The number of nitrogens with two attached hydrogens (primary N) is 1. The number of rotatable bonds is 6. The van der Waals surface area contributed by atoms with Gasteiger partial charge >= 0.3 is 0 Å². The van der Waals surface area contributed by atoms with Crippen LogP contribution in [0.1, 0.15) is 49.6 Å². The molecule has 0 aliphatic rings. The fraction of sp³-hybridized carbons (Fsp3) is 0.467. The molecule has 1 unspecified atom stereocenters. The van der Waals surface area contributed by atoms with Crippen molar-refractivity contribution in [2.24, 2.45) is 5.73 Å². The van der Waals surface area contributed by atoms with E-state index in [1.54, 1.807) is 0 Å². The molecule has 2 aromatic rings. The van der Waals surface area contributed by atoms with Crippen LogP contribution in [0, 0.1) is 0 Å². The van der Waals surface area contributed by atoms with Gasteiger partial charge in [-0.2, -0.15) is 0 Å². The minimum Gasteiger partial charge on any atom is -0.323 e. The van der Waals surface area contributed by atoms with Crippen molar-refractivity contribution in [2.75, 3.05) is 0 Å². The maximum atomic E-state index is 6.03. The number of nitrogens with zero attached hydrogens (tertiary/aromatic N) is 3. The highest BCUT2D eigenvalue weighted by Gasteiger charge is 2.09. The molecule has 4 nitrogen and oxygen atoms in total. The maximum Gasteiger partial charge on any atom is 0.0994 e. The molecular weight excluding hydrogens is 236 g/mol. The Labute approximate surface area is 114 Å². The number of benzene rings is 1. The Morgan fingerprint density at radius 3 is 2.47 bits per heavy atom. The first-order valence-corrected chi connectivity index (χ1v) is 6.96. The van der Waals surface area contributed by atoms with Crippen molar-refractivity contribution in [3.63, 3.8) is 0 Å². The molecule has 1 aromatic carbocycles. The SMILES string of the molecule is CCCC(N)c1cn(Cc2ccc(CC)cc2)nn1. The van der Waals surface area contributed by atoms with Crippen LogP contribution in [0.4, 0.5) is 0 Å². The molecule has 2 rings (SSSR count). The predicted octanol–water partition coefficient (Wildman–Crippen LogP) is 2.69. The monoisotopic (exact) mass is 258 g/mol. The molecule has 2 N–H and O–H groups in total. The summed E-state index contributed by atoms with van der Waals surface area (Å²) in [7, 11) is 0. The molecule has 4 heteroatoms. The first-order chi connectivity index (χ1) is 9.22. The Balaban J connectivity index is 2.02. The summed E-state index contributed by atoms with van der Waals surface area (Å²) >= 11 is 0. The molecule has 1 heterocycles. The van der Waals surface area contributed by atoms with Gasteiger partial charge in [-0.3, -0.25) is 0 Å². The predicted molar refractivity (Wildman–Crippen MR) is 76.8 cm³/mol. The zero-order chi connectivity index (χ0) is 13.7. The smallest absolute Gasteiger partial charge is 0.0994 e. The molecule has 0 saturated heterocycles. The second-order valence-corrected chi connectivity index (χ2v) is 4.91. The van der Waals surface area contributed by atoms with E-state index in [2.05, 4.69) is 48.4 Å². The fourth-order valence-electron chi connectivity index (χ4n) is 2.09. The Kier molecular flexibility index (Phi) is 4.68. The first-order valence-electron chi connectivity index (χ1n) is 6.96. The van der Waals surface area contributed by atoms with Gasteiger partial charge in [0.05, 0.1) is 24.5 Å². The van der Waals surface area contributed by atoms with Gasteiger partial charge in [-0.15, -0.1) is 5.10 Å². The van der Waals surface area contributed by atoms with Crippen LogP contribution in [0.2, 0.25) is 0 Å². The van der Waals surface area contributed by atoms with Crippen molar-refractivity contribution in [3.8, 4) is 0 Å². The van der Waals surface area contributed by atoms with Crippen LogP contribution < -0.4 is 5.73 Å². The molecule has 19 heavy (non-hydrogen) atoms. The van der Waals surface area contributed by atoms with Gasteiger partial charge in [-0.05, 0) is 24.0 Å². The summed E-state index contributed by atoms with van der Waals surface area (Å²) in [6.45, 7) is 5.03. The van der Waals surface area contributed by atoms with Gasteiger partial charge in [0.25, 0.3) is 0 Å². The molecule has 0 aliphatic carbocycles. The first kappa shape index (κ1) is 13.7. The number of aromatic nitrogens is 3. The molecule has 0 aliphatic heterocycles. The zero-order valence-electron chi connectivity index (χ0n) is 11.7. The highest BCUT2D eigenvalue weighted by molar-refractivity contribution is 5.22. The maximum absolute atomic E-state index is 6.03. The molecule has 1 aromatic heterocycles. The molecule has 1 atom stereocenters. The average Bonchev–Trinajstić information content (AvgIpc) is 2.88. The summed E-state index contributed by atoms with van der Waals surface area (Å²) in [4.78, 5) is 0. The zero-order valence-corrected chi connectivity index (χ0v) is 11.7. The van der Waals surface area contributed by atoms with Crippen LogP contribution in [-0.2, 0) is 13.0 Å². The van der Waals surface area contributed by atoms with Crippen molar-refractivity contribution in [1.82, 2.24) is 15.0 Å². The molecule has 102 valence electrons. The van der Waals surface area contributed by atoms with Crippen LogP contribution in [0.5, 0.6) is 0 Å². The topological polar surface area (TPSA) is 56.7 Å². The molecule has 0 saturated carbocycles. The lowest BCUT2D eigenvalue weighted by Crippen LogP contribution is -2.10.